The van der Waals surface area contributed by atoms with Crippen LogP contribution >= 0.6 is 0 Å². The highest BCUT2D eigenvalue weighted by atomic mass is 16.6. The van der Waals surface area contributed by atoms with E-state index in [9.17, 15) is 4.79 Å². The Balaban J connectivity index is 1.36. The van der Waals surface area contributed by atoms with Crippen LogP contribution in [0, 0.1) is 0 Å². The van der Waals surface area contributed by atoms with Crippen molar-refractivity contribution < 1.29 is 19.0 Å². The number of nitrogens with one attached hydrogen (secondary N) is 2. The highest BCUT2D eigenvalue weighted by molar-refractivity contribution is 5.99. The first kappa shape index (κ1) is 24.0. The zero-order valence-electron chi connectivity index (χ0n) is 21.6. The van der Waals surface area contributed by atoms with E-state index in [2.05, 4.69) is 43.1 Å². The van der Waals surface area contributed by atoms with E-state index in [0.29, 0.717) is 11.5 Å². The van der Waals surface area contributed by atoms with Crippen LogP contribution in [0.1, 0.15) is 26.3 Å². The van der Waals surface area contributed by atoms with E-state index < -0.39 is 5.60 Å². The molecule has 1 aromatic carbocycles. The van der Waals surface area contributed by atoms with Crippen molar-refractivity contribution in [3.63, 3.8) is 0 Å². The predicted octanol–water partition coefficient (Wildman–Crippen LogP) is 4.45. The molecule has 0 bridgehead atoms. The number of H-pyrrole nitrogens is 1. The van der Waals surface area contributed by atoms with Crippen molar-refractivity contribution in [1.29, 1.82) is 0 Å². The Hall–Kier alpha value is -3.72. The number of carbonyl (C=O) groups is 1. The summed E-state index contributed by atoms with van der Waals surface area (Å²) < 4.78 is 18.5. The summed E-state index contributed by atoms with van der Waals surface area (Å²) in [5.74, 6) is 1.40. The quantitative estimate of drug-likeness (QED) is 0.414. The van der Waals surface area contributed by atoms with Gasteiger partial charge in [0.2, 0.25) is 0 Å². The second-order valence-electron chi connectivity index (χ2n) is 10.3. The van der Waals surface area contributed by atoms with Gasteiger partial charge in [-0.25, -0.2) is 9.78 Å². The Morgan fingerprint density at radius 2 is 1.86 bits per heavy atom. The minimum Gasteiger partial charge on any atom is -0.493 e. The lowest BCUT2D eigenvalue weighted by molar-refractivity contribution is 0.0393. The molecule has 9 nitrogen and oxygen atoms in total. The Morgan fingerprint density at radius 1 is 1.14 bits per heavy atom. The van der Waals surface area contributed by atoms with Gasteiger partial charge in [-0.2, -0.15) is 0 Å². The molecule has 0 aliphatic carbocycles. The molecule has 4 heterocycles. The van der Waals surface area contributed by atoms with Gasteiger partial charge in [0.15, 0.2) is 11.5 Å². The zero-order valence-corrected chi connectivity index (χ0v) is 21.6. The monoisotopic (exact) mass is 491 g/mol. The molecule has 9 heteroatoms. The number of hydrogen-bond acceptors (Lipinski definition) is 6. The number of aromatic amines is 1. The number of aromatic nitrogens is 3. The van der Waals surface area contributed by atoms with Gasteiger partial charge in [-0.05, 0) is 44.5 Å². The third kappa shape index (κ3) is 4.58. The summed E-state index contributed by atoms with van der Waals surface area (Å²) in [5.41, 5.74) is 4.67. The van der Waals surface area contributed by atoms with E-state index in [4.69, 9.17) is 14.2 Å². The maximum atomic E-state index is 12.0. The van der Waals surface area contributed by atoms with Crippen molar-refractivity contribution in [3.05, 3.63) is 42.2 Å². The fourth-order valence-corrected chi connectivity index (χ4v) is 4.79. The predicted molar refractivity (Wildman–Crippen MR) is 140 cm³/mol. The molecular formula is C27H33N5O4. The number of pyridine rings is 1. The minimum atomic E-state index is -0.497. The van der Waals surface area contributed by atoms with Gasteiger partial charge in [0, 0.05) is 67.2 Å². The van der Waals surface area contributed by atoms with Gasteiger partial charge in [0.05, 0.1) is 25.8 Å². The average Bonchev–Trinajstić information content (AvgIpc) is 3.36. The first-order valence-electron chi connectivity index (χ1n) is 12.0. The number of carbonyl (C=O) groups excluding carboxylic acids is 1. The van der Waals surface area contributed by atoms with E-state index in [1.54, 1.807) is 14.2 Å². The van der Waals surface area contributed by atoms with Crippen LogP contribution < -0.4 is 14.8 Å². The number of amides is 1. The Bertz CT molecular complexity index is 1430. The van der Waals surface area contributed by atoms with Crippen molar-refractivity contribution in [1.82, 2.24) is 24.8 Å². The van der Waals surface area contributed by atoms with Crippen molar-refractivity contribution in [3.8, 4) is 22.8 Å². The third-order valence-electron chi connectivity index (χ3n) is 6.48. The van der Waals surface area contributed by atoms with E-state index in [-0.39, 0.29) is 12.1 Å². The summed E-state index contributed by atoms with van der Waals surface area (Å²) in [6.07, 6.45) is 3.58. The third-order valence-corrected chi connectivity index (χ3v) is 6.48. The van der Waals surface area contributed by atoms with Crippen LogP contribution in [0.25, 0.3) is 33.2 Å². The molecule has 1 saturated heterocycles. The molecule has 0 atom stereocenters. The number of rotatable bonds is 6. The Labute approximate surface area is 210 Å². The van der Waals surface area contributed by atoms with Gasteiger partial charge < -0.3 is 29.1 Å². The van der Waals surface area contributed by atoms with Crippen LogP contribution in [0.4, 0.5) is 4.79 Å². The standard InChI is InChI=1S/C27H33N5O4/c1-27(2,3)36-26(33)29-17-13-32(14-17)12-16-7-8-28-25-18(16)9-21(30-25)20-15-31(4)22-11-24(35-6)23(34-5)10-19(20)22/h7-11,15,17H,12-14H2,1-6H3,(H,28,30)(H,29,33). The molecule has 1 fully saturated rings. The summed E-state index contributed by atoms with van der Waals surface area (Å²) in [7, 11) is 5.32. The number of methoxy groups -OCH3 is 2. The lowest BCUT2D eigenvalue weighted by Gasteiger charge is -2.39. The number of ether oxygens (including phenoxy) is 3. The second kappa shape index (κ2) is 9.05. The molecule has 2 N–H and O–H groups in total. The van der Waals surface area contributed by atoms with Crippen LogP contribution in [0.15, 0.2) is 36.7 Å². The van der Waals surface area contributed by atoms with Gasteiger partial charge in [-0.3, -0.25) is 4.90 Å². The van der Waals surface area contributed by atoms with Gasteiger partial charge in [-0.1, -0.05) is 0 Å². The number of benzene rings is 1. The number of alkyl carbamates (subject to hydrolysis) is 1. The fraction of sp³-hybridized carbons (Fsp3) is 0.407. The molecule has 1 aliphatic rings. The molecule has 4 aromatic rings. The van der Waals surface area contributed by atoms with Crippen LogP contribution in [0.5, 0.6) is 11.5 Å². The second-order valence-corrected chi connectivity index (χ2v) is 10.3. The summed E-state index contributed by atoms with van der Waals surface area (Å²) in [6, 6.07) is 8.34. The molecule has 1 amide bonds. The molecule has 190 valence electrons. The first-order chi connectivity index (χ1) is 17.1. The zero-order chi connectivity index (χ0) is 25.6. The van der Waals surface area contributed by atoms with E-state index in [1.807, 2.05) is 46.1 Å². The van der Waals surface area contributed by atoms with Crippen LogP contribution in [-0.2, 0) is 18.3 Å². The number of likely N-dealkylation sites (tertiary alicyclic amines) is 1. The van der Waals surface area contributed by atoms with Crippen molar-refractivity contribution >= 4 is 28.0 Å². The molecule has 0 spiro atoms. The number of fused-ring (bicyclic) bond motifs is 2. The van der Waals surface area contributed by atoms with E-state index in [1.165, 1.54) is 5.56 Å². The van der Waals surface area contributed by atoms with Crippen molar-refractivity contribution in [2.75, 3.05) is 27.3 Å². The van der Waals surface area contributed by atoms with Crippen LogP contribution in [0.3, 0.4) is 0 Å². The first-order valence-corrected chi connectivity index (χ1v) is 12.0. The molecular weight excluding hydrogens is 458 g/mol. The smallest absolute Gasteiger partial charge is 0.407 e. The summed E-state index contributed by atoms with van der Waals surface area (Å²) >= 11 is 0. The van der Waals surface area contributed by atoms with Gasteiger partial charge in [0.1, 0.15) is 11.2 Å². The van der Waals surface area contributed by atoms with Crippen LogP contribution in [-0.4, -0.2) is 64.5 Å². The maximum absolute atomic E-state index is 12.0. The lowest BCUT2D eigenvalue weighted by atomic mass is 10.1. The fourth-order valence-electron chi connectivity index (χ4n) is 4.79. The molecule has 0 radical (unpaired) electrons. The van der Waals surface area contributed by atoms with Crippen molar-refractivity contribution in [2.24, 2.45) is 7.05 Å². The van der Waals surface area contributed by atoms with Gasteiger partial charge in [-0.15, -0.1) is 0 Å². The van der Waals surface area contributed by atoms with E-state index >= 15 is 0 Å². The topological polar surface area (TPSA) is 93.6 Å². The summed E-state index contributed by atoms with van der Waals surface area (Å²) in [5, 5.41) is 5.11. The highest BCUT2D eigenvalue weighted by Crippen LogP contribution is 2.38. The van der Waals surface area contributed by atoms with Gasteiger partial charge in [0.25, 0.3) is 0 Å². The molecule has 36 heavy (non-hydrogen) atoms. The summed E-state index contributed by atoms with van der Waals surface area (Å²) in [6.45, 7) is 7.95. The summed E-state index contributed by atoms with van der Waals surface area (Å²) in [4.78, 5) is 22.4. The number of hydrogen-bond donors (Lipinski definition) is 2. The van der Waals surface area contributed by atoms with Crippen molar-refractivity contribution in [2.45, 2.75) is 39.0 Å². The van der Waals surface area contributed by atoms with E-state index in [0.717, 1.165) is 52.8 Å². The lowest BCUT2D eigenvalue weighted by Crippen LogP contribution is -2.59. The van der Waals surface area contributed by atoms with Gasteiger partial charge >= 0.3 is 6.09 Å². The Kier molecular flexibility index (Phi) is 6.04. The minimum absolute atomic E-state index is 0.0987. The molecule has 1 aliphatic heterocycles. The normalized spacial score (nSPS) is 14.7. The Morgan fingerprint density at radius 3 is 2.56 bits per heavy atom. The number of aryl methyl sites for hydroxylation is 1. The van der Waals surface area contributed by atoms with Crippen LogP contribution in [0.2, 0.25) is 0 Å². The largest absolute Gasteiger partial charge is 0.493 e. The molecule has 0 unspecified atom stereocenters. The SMILES string of the molecule is COc1cc2c(-c3cc4c(CN5CC(NC(=O)OC(C)(C)C)C5)ccnc4[nH]3)cn(C)c2cc1OC. The molecule has 3 aromatic heterocycles. The maximum Gasteiger partial charge on any atom is 0.407 e. The highest BCUT2D eigenvalue weighted by Gasteiger charge is 2.30. The number of nitrogens with zero attached hydrogens (tertiary/aromatic N) is 3. The molecule has 0 saturated carbocycles. The average molecular weight is 492 g/mol. The molecule has 5 rings (SSSR count).